The van der Waals surface area contributed by atoms with E-state index < -0.39 is 9.75 Å². The molecule has 0 aromatic carbocycles. The Bertz CT molecular complexity index is 500. The van der Waals surface area contributed by atoms with Crippen molar-refractivity contribution in [2.75, 3.05) is 5.32 Å². The molecule has 1 aliphatic carbocycles. The molecule has 1 aliphatic rings. The van der Waals surface area contributed by atoms with Gasteiger partial charge in [0.25, 0.3) is 0 Å². The number of hydrogen-bond donors (Lipinski definition) is 1. The molecule has 1 heterocycles. The predicted octanol–water partition coefficient (Wildman–Crippen LogP) is 2.87. The van der Waals surface area contributed by atoms with Gasteiger partial charge in [-0.15, -0.1) is 34.5 Å². The number of aromatic nitrogens is 1. The highest BCUT2D eigenvalue weighted by Gasteiger charge is 2.68. The van der Waals surface area contributed by atoms with Gasteiger partial charge in [-0.05, 0) is 13.3 Å². The molecule has 0 aliphatic heterocycles. The lowest BCUT2D eigenvalue weighted by molar-refractivity contribution is -0.120. The van der Waals surface area contributed by atoms with Gasteiger partial charge >= 0.3 is 0 Å². The van der Waals surface area contributed by atoms with E-state index in [9.17, 15) is 9.59 Å². The van der Waals surface area contributed by atoms with E-state index >= 15 is 0 Å². The Labute approximate surface area is 112 Å². The minimum absolute atomic E-state index is 0.136. The number of ketones is 1. The Balaban J connectivity index is 2.07. The minimum Gasteiger partial charge on any atom is -0.301 e. The first-order chi connectivity index (χ1) is 7.76. The molecule has 1 aromatic heterocycles. The third-order valence-electron chi connectivity index (χ3n) is 2.84. The number of nitrogens with one attached hydrogen (secondary N) is 1. The molecule has 0 radical (unpaired) electrons. The van der Waals surface area contributed by atoms with Crippen molar-refractivity contribution >= 4 is 51.4 Å². The number of anilines is 1. The van der Waals surface area contributed by atoms with E-state index in [0.29, 0.717) is 17.2 Å². The van der Waals surface area contributed by atoms with E-state index in [4.69, 9.17) is 23.2 Å². The van der Waals surface area contributed by atoms with Gasteiger partial charge in [0.05, 0.1) is 5.41 Å². The lowest BCUT2D eigenvalue weighted by Crippen LogP contribution is -2.25. The Kier molecular flexibility index (Phi) is 2.96. The molecule has 1 fully saturated rings. The van der Waals surface area contributed by atoms with Crippen LogP contribution in [0.2, 0.25) is 0 Å². The van der Waals surface area contributed by atoms with Crippen LogP contribution in [-0.4, -0.2) is 21.0 Å². The van der Waals surface area contributed by atoms with Crippen LogP contribution in [0.25, 0.3) is 0 Å². The second kappa shape index (κ2) is 3.93. The van der Waals surface area contributed by atoms with E-state index in [1.54, 1.807) is 12.3 Å². The standard InChI is InChI=1S/C10H10Cl2N2O2S/c1-5(15)6-3-17-8(13-6)14-7(16)9(2)4-10(9,11)12/h3H,4H2,1-2H3,(H,13,14,16)/t9-/m1/s1. The molecule has 17 heavy (non-hydrogen) atoms. The lowest BCUT2D eigenvalue weighted by Gasteiger charge is -2.10. The number of Topliss-reactive ketones (excluding diaryl/α,β-unsaturated/α-hetero) is 1. The molecule has 1 amide bonds. The van der Waals surface area contributed by atoms with Crippen molar-refractivity contribution in [3.8, 4) is 0 Å². The number of carbonyl (C=O) groups is 2. The monoisotopic (exact) mass is 292 g/mol. The molecule has 1 aromatic rings. The smallest absolute Gasteiger partial charge is 0.235 e. The van der Waals surface area contributed by atoms with Crippen molar-refractivity contribution in [2.45, 2.75) is 24.6 Å². The van der Waals surface area contributed by atoms with Gasteiger partial charge in [-0.25, -0.2) is 4.98 Å². The van der Waals surface area contributed by atoms with Crippen molar-refractivity contribution in [1.82, 2.24) is 4.98 Å². The molecule has 7 heteroatoms. The molecule has 2 rings (SSSR count). The second-order valence-electron chi connectivity index (χ2n) is 4.26. The maximum Gasteiger partial charge on any atom is 0.235 e. The molecule has 0 bridgehead atoms. The van der Waals surface area contributed by atoms with E-state index in [1.165, 1.54) is 18.3 Å². The second-order valence-corrected chi connectivity index (χ2v) is 6.60. The van der Waals surface area contributed by atoms with Gasteiger partial charge in [0.15, 0.2) is 10.9 Å². The summed E-state index contributed by atoms with van der Waals surface area (Å²) in [6.07, 6.45) is 0.417. The van der Waals surface area contributed by atoms with Crippen LogP contribution in [0.3, 0.4) is 0 Å². The van der Waals surface area contributed by atoms with Gasteiger partial charge < -0.3 is 5.32 Å². The van der Waals surface area contributed by atoms with E-state index in [1.807, 2.05) is 0 Å². The highest BCUT2D eigenvalue weighted by molar-refractivity contribution is 7.14. The fourth-order valence-electron chi connectivity index (χ4n) is 1.37. The van der Waals surface area contributed by atoms with Gasteiger partial charge in [0.1, 0.15) is 10.0 Å². The number of halogens is 2. The highest BCUT2D eigenvalue weighted by atomic mass is 35.5. The van der Waals surface area contributed by atoms with Gasteiger partial charge in [-0.1, -0.05) is 0 Å². The molecule has 0 unspecified atom stereocenters. The summed E-state index contributed by atoms with van der Waals surface area (Å²) in [5.74, 6) is -0.407. The average Bonchev–Trinajstić information content (AvgIpc) is 2.63. The molecule has 0 saturated heterocycles. The Morgan fingerprint density at radius 1 is 1.53 bits per heavy atom. The minimum atomic E-state index is -1.00. The molecule has 1 saturated carbocycles. The van der Waals surface area contributed by atoms with Crippen molar-refractivity contribution in [2.24, 2.45) is 5.41 Å². The Hall–Kier alpha value is -0.650. The number of hydrogen-bond acceptors (Lipinski definition) is 4. The zero-order chi connectivity index (χ0) is 12.8. The number of carbonyl (C=O) groups excluding carboxylic acids is 2. The van der Waals surface area contributed by atoms with E-state index in [2.05, 4.69) is 10.3 Å². The summed E-state index contributed by atoms with van der Waals surface area (Å²) >= 11 is 13.0. The molecule has 0 spiro atoms. The predicted molar refractivity (Wildman–Crippen MR) is 67.9 cm³/mol. The summed E-state index contributed by atoms with van der Waals surface area (Å²) in [5, 5.41) is 4.61. The number of nitrogens with zero attached hydrogens (tertiary/aromatic N) is 1. The van der Waals surface area contributed by atoms with Crippen molar-refractivity contribution in [3.63, 3.8) is 0 Å². The van der Waals surface area contributed by atoms with Crippen LogP contribution in [-0.2, 0) is 4.79 Å². The molecule has 92 valence electrons. The first kappa shape index (κ1) is 12.8. The third kappa shape index (κ3) is 2.19. The van der Waals surface area contributed by atoms with Gasteiger partial charge in [-0.3, -0.25) is 9.59 Å². The van der Waals surface area contributed by atoms with Gasteiger partial charge in [0, 0.05) is 12.3 Å². The largest absolute Gasteiger partial charge is 0.301 e. The topological polar surface area (TPSA) is 59.1 Å². The summed E-state index contributed by atoms with van der Waals surface area (Å²) in [4.78, 5) is 26.9. The van der Waals surface area contributed by atoms with Crippen LogP contribution in [0.5, 0.6) is 0 Å². The fraction of sp³-hybridized carbons (Fsp3) is 0.500. The maximum atomic E-state index is 11.9. The average molecular weight is 293 g/mol. The molecule has 4 nitrogen and oxygen atoms in total. The quantitative estimate of drug-likeness (QED) is 0.688. The number of rotatable bonds is 3. The lowest BCUT2D eigenvalue weighted by atomic mass is 10.1. The maximum absolute atomic E-state index is 11.9. The van der Waals surface area contributed by atoms with E-state index in [0.717, 1.165) is 0 Å². The Morgan fingerprint density at radius 3 is 2.53 bits per heavy atom. The summed E-state index contributed by atoms with van der Waals surface area (Å²) in [6.45, 7) is 3.12. The van der Waals surface area contributed by atoms with Crippen LogP contribution in [0.1, 0.15) is 30.8 Å². The normalized spacial score (nSPS) is 25.4. The molecular weight excluding hydrogens is 283 g/mol. The number of amides is 1. The van der Waals surface area contributed by atoms with Gasteiger partial charge in [-0.2, -0.15) is 0 Å². The van der Waals surface area contributed by atoms with Crippen LogP contribution in [0.15, 0.2) is 5.38 Å². The zero-order valence-electron chi connectivity index (χ0n) is 9.21. The fourth-order valence-corrected chi connectivity index (χ4v) is 2.82. The Morgan fingerprint density at radius 2 is 2.12 bits per heavy atom. The van der Waals surface area contributed by atoms with Crippen molar-refractivity contribution in [3.05, 3.63) is 11.1 Å². The van der Waals surface area contributed by atoms with Crippen LogP contribution in [0, 0.1) is 5.41 Å². The summed E-state index contributed by atoms with van der Waals surface area (Å²) < 4.78 is -1.00. The van der Waals surface area contributed by atoms with E-state index in [-0.39, 0.29) is 11.7 Å². The molecular formula is C10H10Cl2N2O2S. The first-order valence-corrected chi connectivity index (χ1v) is 6.55. The number of alkyl halides is 2. The number of thiazole rings is 1. The summed E-state index contributed by atoms with van der Waals surface area (Å²) in [7, 11) is 0. The first-order valence-electron chi connectivity index (χ1n) is 4.92. The summed E-state index contributed by atoms with van der Waals surface area (Å²) in [6, 6.07) is 0. The van der Waals surface area contributed by atoms with Gasteiger partial charge in [0.2, 0.25) is 5.91 Å². The molecule has 1 atom stereocenters. The highest BCUT2D eigenvalue weighted by Crippen LogP contribution is 2.64. The summed E-state index contributed by atoms with van der Waals surface area (Å²) in [5.41, 5.74) is -0.438. The van der Waals surface area contributed by atoms with Crippen molar-refractivity contribution in [1.29, 1.82) is 0 Å². The van der Waals surface area contributed by atoms with Crippen molar-refractivity contribution < 1.29 is 9.59 Å². The van der Waals surface area contributed by atoms with Crippen LogP contribution >= 0.6 is 34.5 Å². The van der Waals surface area contributed by atoms with Crippen LogP contribution in [0.4, 0.5) is 5.13 Å². The zero-order valence-corrected chi connectivity index (χ0v) is 11.5. The third-order valence-corrected chi connectivity index (χ3v) is 4.70. The van der Waals surface area contributed by atoms with Crippen LogP contribution < -0.4 is 5.32 Å². The SMILES string of the molecule is CC(=O)c1csc(NC(=O)[C@@]2(C)CC2(Cl)Cl)n1. The molecule has 1 N–H and O–H groups in total.